The minimum Gasteiger partial charge on any atom is -0.496 e. The third kappa shape index (κ3) is 4.67. The van der Waals surface area contributed by atoms with Gasteiger partial charge in [-0.2, -0.15) is 0 Å². The fourth-order valence-electron chi connectivity index (χ4n) is 3.20. The molecule has 0 bridgehead atoms. The van der Waals surface area contributed by atoms with Crippen molar-refractivity contribution in [3.05, 3.63) is 59.4 Å². The van der Waals surface area contributed by atoms with E-state index >= 15 is 0 Å². The van der Waals surface area contributed by atoms with Crippen molar-refractivity contribution in [1.29, 1.82) is 0 Å². The van der Waals surface area contributed by atoms with Crippen molar-refractivity contribution in [1.82, 2.24) is 9.80 Å². The van der Waals surface area contributed by atoms with Crippen molar-refractivity contribution in [2.24, 2.45) is 0 Å². The number of methoxy groups -OCH3 is 1. The van der Waals surface area contributed by atoms with Crippen molar-refractivity contribution in [2.75, 3.05) is 45.2 Å². The van der Waals surface area contributed by atoms with Crippen molar-refractivity contribution in [2.45, 2.75) is 6.92 Å². The third-order valence-corrected chi connectivity index (χ3v) is 4.83. The second kappa shape index (κ2) is 8.84. The predicted molar refractivity (Wildman–Crippen MR) is 105 cm³/mol. The number of benzene rings is 2. The van der Waals surface area contributed by atoms with Gasteiger partial charge in [-0.05, 0) is 36.8 Å². The Morgan fingerprint density at radius 3 is 2.50 bits per heavy atom. The summed E-state index contributed by atoms with van der Waals surface area (Å²) in [4.78, 5) is 28.6. The molecule has 2 aromatic carbocycles. The van der Waals surface area contributed by atoms with Crippen molar-refractivity contribution in [3.8, 4) is 5.75 Å². The highest BCUT2D eigenvalue weighted by Crippen LogP contribution is 2.20. The fourth-order valence-corrected chi connectivity index (χ4v) is 3.20. The van der Waals surface area contributed by atoms with Crippen LogP contribution in [0, 0.1) is 12.7 Å². The standard InChI is InChI=1S/C21H24FN3O3/c1-15-7-8-16(13-19(15)28-2)21(27)25-11-9-24(10-12-25)14-20(26)23-18-6-4-3-5-17(18)22/h3-8,13H,9-12,14H2,1-2H3,(H,23,26). The first kappa shape index (κ1) is 19.8. The molecule has 1 aliphatic rings. The Hall–Kier alpha value is -2.93. The number of para-hydroxylation sites is 1. The molecule has 1 heterocycles. The Bertz CT molecular complexity index is 864. The van der Waals surface area contributed by atoms with E-state index < -0.39 is 5.82 Å². The molecule has 0 atom stereocenters. The van der Waals surface area contributed by atoms with Gasteiger partial charge in [0.1, 0.15) is 11.6 Å². The number of amides is 2. The normalized spacial score (nSPS) is 14.6. The molecule has 0 radical (unpaired) electrons. The average Bonchev–Trinajstić information content (AvgIpc) is 2.70. The summed E-state index contributed by atoms with van der Waals surface area (Å²) in [6.45, 7) is 4.32. The van der Waals surface area contributed by atoms with Crippen molar-refractivity contribution < 1.29 is 18.7 Å². The molecule has 2 amide bonds. The van der Waals surface area contributed by atoms with Crippen molar-refractivity contribution >= 4 is 17.5 Å². The number of piperazine rings is 1. The van der Waals surface area contributed by atoms with E-state index in [-0.39, 0.29) is 24.0 Å². The maximum Gasteiger partial charge on any atom is 0.254 e. The zero-order valence-electron chi connectivity index (χ0n) is 16.1. The number of nitrogens with one attached hydrogen (secondary N) is 1. The Morgan fingerprint density at radius 2 is 1.82 bits per heavy atom. The van der Waals surface area contributed by atoms with E-state index in [9.17, 15) is 14.0 Å². The van der Waals surface area contributed by atoms with Gasteiger partial charge in [0.15, 0.2) is 0 Å². The number of anilines is 1. The van der Waals surface area contributed by atoms with E-state index in [0.717, 1.165) is 5.56 Å². The summed E-state index contributed by atoms with van der Waals surface area (Å²) in [5, 5.41) is 2.59. The highest BCUT2D eigenvalue weighted by atomic mass is 19.1. The highest BCUT2D eigenvalue weighted by molar-refractivity contribution is 5.95. The topological polar surface area (TPSA) is 61.9 Å². The molecule has 1 aliphatic heterocycles. The maximum atomic E-state index is 13.6. The van der Waals surface area contributed by atoms with Crippen LogP contribution in [0.4, 0.5) is 10.1 Å². The van der Waals surface area contributed by atoms with E-state index in [0.29, 0.717) is 37.5 Å². The quantitative estimate of drug-likeness (QED) is 0.859. The number of carbonyl (C=O) groups excluding carboxylic acids is 2. The van der Waals surface area contributed by atoms with Gasteiger partial charge in [-0.25, -0.2) is 4.39 Å². The second-order valence-corrected chi connectivity index (χ2v) is 6.78. The van der Waals surface area contributed by atoms with Crippen LogP contribution in [0.3, 0.4) is 0 Å². The van der Waals surface area contributed by atoms with Gasteiger partial charge >= 0.3 is 0 Å². The largest absolute Gasteiger partial charge is 0.496 e. The molecule has 0 spiro atoms. The molecule has 148 valence electrons. The highest BCUT2D eigenvalue weighted by Gasteiger charge is 2.24. The van der Waals surface area contributed by atoms with Crippen LogP contribution in [0.1, 0.15) is 15.9 Å². The first-order valence-electron chi connectivity index (χ1n) is 9.18. The van der Waals surface area contributed by atoms with Crippen LogP contribution < -0.4 is 10.1 Å². The van der Waals surface area contributed by atoms with E-state index in [2.05, 4.69) is 5.32 Å². The van der Waals surface area contributed by atoms with Crippen LogP contribution in [-0.4, -0.2) is 61.4 Å². The minimum absolute atomic E-state index is 0.0474. The molecule has 6 nitrogen and oxygen atoms in total. The van der Waals surface area contributed by atoms with Gasteiger partial charge in [0.05, 0.1) is 19.3 Å². The molecule has 2 aromatic rings. The van der Waals surface area contributed by atoms with Gasteiger partial charge in [-0.3, -0.25) is 14.5 Å². The molecule has 0 aromatic heterocycles. The summed E-state index contributed by atoms with van der Waals surface area (Å²) in [6.07, 6.45) is 0. The molecule has 1 saturated heterocycles. The van der Waals surface area contributed by atoms with Crippen molar-refractivity contribution in [3.63, 3.8) is 0 Å². The lowest BCUT2D eigenvalue weighted by atomic mass is 10.1. The van der Waals surface area contributed by atoms with Gasteiger partial charge in [0.25, 0.3) is 5.91 Å². The first-order chi connectivity index (χ1) is 13.5. The van der Waals surface area contributed by atoms with Crippen LogP contribution in [0.5, 0.6) is 5.75 Å². The zero-order chi connectivity index (χ0) is 20.1. The lowest BCUT2D eigenvalue weighted by molar-refractivity contribution is -0.117. The number of carbonyl (C=O) groups is 2. The Morgan fingerprint density at radius 1 is 1.11 bits per heavy atom. The molecule has 1 N–H and O–H groups in total. The summed E-state index contributed by atoms with van der Waals surface area (Å²) in [6, 6.07) is 11.5. The molecule has 1 fully saturated rings. The average molecular weight is 385 g/mol. The van der Waals surface area contributed by atoms with Gasteiger partial charge in [0.2, 0.25) is 5.91 Å². The molecule has 0 aliphatic carbocycles. The van der Waals surface area contributed by atoms with Crippen LogP contribution in [0.15, 0.2) is 42.5 Å². The van der Waals surface area contributed by atoms with E-state index in [4.69, 9.17) is 4.74 Å². The maximum absolute atomic E-state index is 13.6. The Kier molecular flexibility index (Phi) is 6.26. The summed E-state index contributed by atoms with van der Waals surface area (Å²) in [7, 11) is 1.59. The van der Waals surface area contributed by atoms with E-state index in [1.54, 1.807) is 36.3 Å². The number of hydrogen-bond donors (Lipinski definition) is 1. The Balaban J connectivity index is 1.52. The van der Waals surface area contributed by atoms with Gasteiger partial charge in [-0.15, -0.1) is 0 Å². The van der Waals surface area contributed by atoms with Crippen LogP contribution in [0.25, 0.3) is 0 Å². The molecular weight excluding hydrogens is 361 g/mol. The lowest BCUT2D eigenvalue weighted by Crippen LogP contribution is -2.50. The number of aryl methyl sites for hydroxylation is 1. The summed E-state index contributed by atoms with van der Waals surface area (Å²) >= 11 is 0. The molecule has 3 rings (SSSR count). The lowest BCUT2D eigenvalue weighted by Gasteiger charge is -2.34. The SMILES string of the molecule is COc1cc(C(=O)N2CCN(CC(=O)Nc3ccccc3F)CC2)ccc1C. The number of ether oxygens (including phenoxy) is 1. The number of halogens is 1. The monoisotopic (exact) mass is 385 g/mol. The van der Waals surface area contributed by atoms with Crippen LogP contribution in [0.2, 0.25) is 0 Å². The van der Waals surface area contributed by atoms with Crippen LogP contribution in [-0.2, 0) is 4.79 Å². The summed E-state index contributed by atoms with van der Waals surface area (Å²) in [5.74, 6) is -0.0870. The molecule has 0 saturated carbocycles. The number of nitrogens with zero attached hydrogens (tertiary/aromatic N) is 2. The number of rotatable bonds is 5. The summed E-state index contributed by atoms with van der Waals surface area (Å²) < 4.78 is 18.9. The fraction of sp³-hybridized carbons (Fsp3) is 0.333. The minimum atomic E-state index is -0.459. The molecular formula is C21H24FN3O3. The van der Waals surface area contributed by atoms with Gasteiger partial charge < -0.3 is 15.0 Å². The molecule has 7 heteroatoms. The zero-order valence-corrected chi connectivity index (χ0v) is 16.1. The smallest absolute Gasteiger partial charge is 0.254 e. The molecule has 0 unspecified atom stereocenters. The first-order valence-corrected chi connectivity index (χ1v) is 9.18. The second-order valence-electron chi connectivity index (χ2n) is 6.78. The number of hydrogen-bond acceptors (Lipinski definition) is 4. The van der Waals surface area contributed by atoms with E-state index in [1.807, 2.05) is 17.9 Å². The Labute approximate surface area is 163 Å². The predicted octanol–water partition coefficient (Wildman–Crippen LogP) is 2.54. The van der Waals surface area contributed by atoms with Gasteiger partial charge in [-0.1, -0.05) is 18.2 Å². The van der Waals surface area contributed by atoms with Gasteiger partial charge in [0, 0.05) is 31.7 Å². The third-order valence-electron chi connectivity index (χ3n) is 4.83. The van der Waals surface area contributed by atoms with Crippen LogP contribution >= 0.6 is 0 Å². The summed E-state index contributed by atoms with van der Waals surface area (Å²) in [5.41, 5.74) is 1.74. The van der Waals surface area contributed by atoms with E-state index in [1.165, 1.54) is 12.1 Å². The molecule has 28 heavy (non-hydrogen) atoms.